The number of rotatable bonds is 5. The second-order valence-electron chi connectivity index (χ2n) is 7.52. The van der Waals surface area contributed by atoms with Crippen LogP contribution in [-0.4, -0.2) is 32.2 Å². The fourth-order valence-corrected chi connectivity index (χ4v) is 3.17. The Bertz CT molecular complexity index is 754. The zero-order chi connectivity index (χ0) is 20.2. The largest absolute Gasteiger partial charge is 0.495 e. The molecule has 148 valence electrons. The summed E-state index contributed by atoms with van der Waals surface area (Å²) in [5, 5.41) is 2.31. The summed E-state index contributed by atoms with van der Waals surface area (Å²) in [6, 6.07) is 10.4. The predicted octanol–water partition coefficient (Wildman–Crippen LogP) is 4.71. The van der Waals surface area contributed by atoms with Crippen LogP contribution in [0.4, 0.5) is 0 Å². The molecule has 0 bridgehead atoms. The number of methoxy groups -OCH3 is 1. The van der Waals surface area contributed by atoms with E-state index in [-0.39, 0.29) is 18.0 Å². The highest BCUT2D eigenvalue weighted by molar-refractivity contribution is 6.65. The number of aryl methyl sites for hydroxylation is 1. The summed E-state index contributed by atoms with van der Waals surface area (Å²) in [5.41, 5.74) is 1.53. The first kappa shape index (κ1) is 21.7. The average molecular weight is 372 g/mol. The zero-order valence-corrected chi connectivity index (χ0v) is 18.0. The first-order valence-electron chi connectivity index (χ1n) is 9.82. The van der Waals surface area contributed by atoms with Gasteiger partial charge in [-0.3, -0.25) is 0 Å². The number of ether oxygens (including phenoxy) is 2. The molecule has 0 amide bonds. The molecule has 0 unspecified atom stereocenters. The first-order chi connectivity index (χ1) is 12.8. The van der Waals surface area contributed by atoms with Crippen LogP contribution in [0.2, 0.25) is 0 Å². The van der Waals surface area contributed by atoms with E-state index in [4.69, 9.17) is 18.8 Å². The Morgan fingerprint density at radius 2 is 1.63 bits per heavy atom. The molecule has 27 heavy (non-hydrogen) atoms. The fraction of sp³-hybridized carbons (Fsp3) is 0.545. The number of benzene rings is 2. The summed E-state index contributed by atoms with van der Waals surface area (Å²) < 4.78 is 23.4. The van der Waals surface area contributed by atoms with E-state index in [1.165, 1.54) is 10.9 Å². The quantitative estimate of drug-likeness (QED) is 0.563. The van der Waals surface area contributed by atoms with E-state index >= 15 is 0 Å². The summed E-state index contributed by atoms with van der Waals surface area (Å²) >= 11 is 0. The molecular weight excluding hydrogens is 339 g/mol. The van der Waals surface area contributed by atoms with Gasteiger partial charge < -0.3 is 18.8 Å². The highest BCUT2D eigenvalue weighted by atomic mass is 16.7. The first-order valence-corrected chi connectivity index (χ1v) is 9.82. The summed E-state index contributed by atoms with van der Waals surface area (Å²) in [6.07, 6.45) is 0.947. The van der Waals surface area contributed by atoms with Crippen LogP contribution in [0, 0.1) is 0 Å². The molecule has 0 spiro atoms. The Kier molecular flexibility index (Phi) is 6.95. The summed E-state index contributed by atoms with van der Waals surface area (Å²) in [6.45, 7) is 14.7. The molecule has 0 N–H and O–H groups in total. The highest BCUT2D eigenvalue weighted by Gasteiger charge is 2.52. The second-order valence-corrected chi connectivity index (χ2v) is 7.52. The maximum absolute atomic E-state index is 6.31. The Morgan fingerprint density at radius 3 is 2.19 bits per heavy atom. The van der Waals surface area contributed by atoms with Crippen molar-refractivity contribution in [3.05, 3.63) is 35.9 Å². The number of hydrogen-bond acceptors (Lipinski definition) is 4. The second kappa shape index (κ2) is 8.64. The Hall–Kier alpha value is -1.56. The Balaban J connectivity index is 0.00000126. The van der Waals surface area contributed by atoms with Crippen molar-refractivity contribution in [1.82, 2.24) is 0 Å². The maximum Gasteiger partial charge on any atom is 0.495 e. The monoisotopic (exact) mass is 372 g/mol. The molecule has 1 aliphatic heterocycles. The van der Waals surface area contributed by atoms with Crippen LogP contribution in [-0.2, 0) is 20.5 Å². The lowest BCUT2D eigenvalue weighted by atomic mass is 9.74. The van der Waals surface area contributed by atoms with E-state index in [1.807, 2.05) is 26.0 Å². The van der Waals surface area contributed by atoms with Gasteiger partial charge in [-0.2, -0.15) is 0 Å². The smallest absolute Gasteiger partial charge is 0.468 e. The van der Waals surface area contributed by atoms with Crippen LogP contribution in [0.3, 0.4) is 0 Å². The molecule has 0 aromatic heterocycles. The van der Waals surface area contributed by atoms with Crippen molar-refractivity contribution in [1.29, 1.82) is 0 Å². The Labute approximate surface area is 164 Å². The van der Waals surface area contributed by atoms with Crippen molar-refractivity contribution in [2.24, 2.45) is 0 Å². The minimum Gasteiger partial charge on any atom is -0.468 e. The molecule has 0 radical (unpaired) electrons. The van der Waals surface area contributed by atoms with Crippen molar-refractivity contribution < 1.29 is 18.8 Å². The van der Waals surface area contributed by atoms with Gasteiger partial charge in [0.2, 0.25) is 0 Å². The van der Waals surface area contributed by atoms with Gasteiger partial charge in [-0.15, -0.1) is 0 Å². The van der Waals surface area contributed by atoms with Gasteiger partial charge in [-0.25, -0.2) is 0 Å². The lowest BCUT2D eigenvalue weighted by Crippen LogP contribution is -2.41. The highest BCUT2D eigenvalue weighted by Crippen LogP contribution is 2.37. The molecule has 4 nitrogen and oxygen atoms in total. The zero-order valence-electron chi connectivity index (χ0n) is 18.0. The molecular formula is C22H33BO4. The lowest BCUT2D eigenvalue weighted by molar-refractivity contribution is 0.00578. The molecule has 1 aliphatic rings. The maximum atomic E-state index is 6.31. The van der Waals surface area contributed by atoms with E-state index in [2.05, 4.69) is 52.8 Å². The molecule has 5 heteroatoms. The van der Waals surface area contributed by atoms with Crippen LogP contribution in [0.25, 0.3) is 10.8 Å². The van der Waals surface area contributed by atoms with Gasteiger partial charge in [0.1, 0.15) is 5.75 Å². The standard InChI is InChI=1S/C20H27BO4.C2H6/c1-7-14-9-8-10-15-11-16(23-13-22-6)12-17(18(14)15)21-24-19(2,3)20(4,5)25-21;1-2/h8-12H,7,13H2,1-6H3;1-2H3. The van der Waals surface area contributed by atoms with Crippen LogP contribution in [0.1, 0.15) is 54.0 Å². The summed E-state index contributed by atoms with van der Waals surface area (Å²) in [4.78, 5) is 0. The molecule has 1 saturated heterocycles. The minimum atomic E-state index is -0.425. The van der Waals surface area contributed by atoms with Crippen molar-refractivity contribution in [3.63, 3.8) is 0 Å². The van der Waals surface area contributed by atoms with Gasteiger partial charge in [-0.1, -0.05) is 39.0 Å². The van der Waals surface area contributed by atoms with Crippen molar-refractivity contribution in [3.8, 4) is 5.75 Å². The van der Waals surface area contributed by atoms with Crippen molar-refractivity contribution in [2.45, 2.75) is 66.1 Å². The van der Waals surface area contributed by atoms with Gasteiger partial charge in [0.15, 0.2) is 6.79 Å². The van der Waals surface area contributed by atoms with Crippen LogP contribution >= 0.6 is 0 Å². The molecule has 1 heterocycles. The molecule has 0 aliphatic carbocycles. The van der Waals surface area contributed by atoms with Gasteiger partial charge >= 0.3 is 7.12 Å². The molecule has 2 aromatic rings. The van der Waals surface area contributed by atoms with Crippen molar-refractivity contribution >= 4 is 23.4 Å². The average Bonchev–Trinajstić information content (AvgIpc) is 2.87. The summed E-state index contributed by atoms with van der Waals surface area (Å²) in [5.74, 6) is 0.757. The third-order valence-electron chi connectivity index (χ3n) is 5.30. The van der Waals surface area contributed by atoms with Crippen LogP contribution < -0.4 is 10.2 Å². The number of fused-ring (bicyclic) bond motifs is 1. The van der Waals surface area contributed by atoms with Crippen LogP contribution in [0.5, 0.6) is 5.75 Å². The fourth-order valence-electron chi connectivity index (χ4n) is 3.17. The van der Waals surface area contributed by atoms with Gasteiger partial charge in [0, 0.05) is 7.11 Å². The van der Waals surface area contributed by atoms with E-state index < -0.39 is 7.12 Å². The van der Waals surface area contributed by atoms with Gasteiger partial charge in [0.25, 0.3) is 0 Å². The third-order valence-corrected chi connectivity index (χ3v) is 5.30. The van der Waals surface area contributed by atoms with E-state index in [0.29, 0.717) is 0 Å². The van der Waals surface area contributed by atoms with Crippen LogP contribution in [0.15, 0.2) is 30.3 Å². The van der Waals surface area contributed by atoms with E-state index in [1.54, 1.807) is 7.11 Å². The predicted molar refractivity (Wildman–Crippen MR) is 113 cm³/mol. The lowest BCUT2D eigenvalue weighted by Gasteiger charge is -2.32. The topological polar surface area (TPSA) is 36.9 Å². The number of hydrogen-bond donors (Lipinski definition) is 0. The molecule has 0 atom stereocenters. The van der Waals surface area contributed by atoms with Crippen molar-refractivity contribution in [2.75, 3.05) is 13.9 Å². The molecule has 2 aromatic carbocycles. The molecule has 1 fully saturated rings. The Morgan fingerprint density at radius 1 is 1.00 bits per heavy atom. The van der Waals surface area contributed by atoms with Gasteiger partial charge in [0.05, 0.1) is 11.2 Å². The normalized spacial score (nSPS) is 17.6. The van der Waals surface area contributed by atoms with E-state index in [0.717, 1.165) is 23.0 Å². The molecule has 3 rings (SSSR count). The van der Waals surface area contributed by atoms with Gasteiger partial charge in [-0.05, 0) is 68.0 Å². The summed E-state index contributed by atoms with van der Waals surface area (Å²) in [7, 11) is 1.19. The third kappa shape index (κ3) is 4.31. The SMILES string of the molecule is CC.CCc1cccc2cc(OCOC)cc(B3OC(C)(C)C(C)(C)O3)c12. The van der Waals surface area contributed by atoms with E-state index in [9.17, 15) is 0 Å². The minimum absolute atomic E-state index is 0.210. The molecule has 0 saturated carbocycles.